The zero-order valence-electron chi connectivity index (χ0n) is 11.2. The van der Waals surface area contributed by atoms with E-state index in [1.54, 1.807) is 12.1 Å². The molecule has 0 bridgehead atoms. The summed E-state index contributed by atoms with van der Waals surface area (Å²) in [5.74, 6) is 0.269. The van der Waals surface area contributed by atoms with Crippen LogP contribution in [0.1, 0.15) is 40.6 Å². The topological polar surface area (TPSA) is 49.3 Å². The first-order valence-corrected chi connectivity index (χ1v) is 7.05. The number of carbonyl (C=O) groups excluding carboxylic acids is 1. The highest BCUT2D eigenvalue weighted by molar-refractivity contribution is 7.12. The second-order valence-electron chi connectivity index (χ2n) is 4.82. The molecule has 0 aliphatic rings. The molecule has 0 saturated carbocycles. The third-order valence-corrected chi connectivity index (χ3v) is 3.86. The Morgan fingerprint density at radius 2 is 2.11 bits per heavy atom. The Morgan fingerprint density at radius 1 is 1.37 bits per heavy atom. The molecule has 0 fully saturated rings. The zero-order valence-corrected chi connectivity index (χ0v) is 12.0. The molecule has 2 N–H and O–H groups in total. The Morgan fingerprint density at radius 3 is 2.63 bits per heavy atom. The maximum Gasteiger partial charge on any atom is 0.265 e. The number of phenolic OH excluding ortho intramolecular Hbond substituents is 1. The van der Waals surface area contributed by atoms with Crippen LogP contribution in [0.2, 0.25) is 0 Å². The number of aryl methyl sites for hydroxylation is 1. The van der Waals surface area contributed by atoms with Crippen molar-refractivity contribution in [3.63, 3.8) is 0 Å². The molecule has 4 heteroatoms. The highest BCUT2D eigenvalue weighted by Crippen LogP contribution is 2.32. The van der Waals surface area contributed by atoms with E-state index < -0.39 is 0 Å². The Hall–Kier alpha value is -1.81. The lowest BCUT2D eigenvalue weighted by atomic mass is 9.99. The van der Waals surface area contributed by atoms with Gasteiger partial charge in [0.2, 0.25) is 0 Å². The van der Waals surface area contributed by atoms with E-state index in [0.29, 0.717) is 16.5 Å². The van der Waals surface area contributed by atoms with Crippen molar-refractivity contribution in [2.45, 2.75) is 26.7 Å². The number of aromatic hydroxyl groups is 1. The monoisotopic (exact) mass is 275 g/mol. The van der Waals surface area contributed by atoms with Crippen LogP contribution in [0.3, 0.4) is 0 Å². The molecule has 1 heterocycles. The summed E-state index contributed by atoms with van der Waals surface area (Å²) >= 11 is 1.38. The lowest BCUT2D eigenvalue weighted by Gasteiger charge is -2.14. The second kappa shape index (κ2) is 5.45. The van der Waals surface area contributed by atoms with E-state index in [0.717, 1.165) is 11.1 Å². The van der Waals surface area contributed by atoms with Crippen molar-refractivity contribution in [1.29, 1.82) is 0 Å². The summed E-state index contributed by atoms with van der Waals surface area (Å²) in [5, 5.41) is 14.7. The number of thiophene rings is 1. The van der Waals surface area contributed by atoms with Crippen molar-refractivity contribution in [3.8, 4) is 5.75 Å². The van der Waals surface area contributed by atoms with Crippen LogP contribution in [0.15, 0.2) is 29.6 Å². The maximum atomic E-state index is 12.0. The van der Waals surface area contributed by atoms with Gasteiger partial charge in [0.05, 0.1) is 10.6 Å². The SMILES string of the molecule is Cc1cc(C(C)C)cc(O)c1NC(=O)c1cccs1. The summed E-state index contributed by atoms with van der Waals surface area (Å²) in [7, 11) is 0. The Labute approximate surface area is 116 Å². The molecule has 2 aromatic rings. The minimum absolute atomic E-state index is 0.119. The van der Waals surface area contributed by atoms with Crippen LogP contribution in [0.25, 0.3) is 0 Å². The van der Waals surface area contributed by atoms with Crippen molar-refractivity contribution in [2.24, 2.45) is 0 Å². The average Bonchev–Trinajstić information content (AvgIpc) is 2.86. The number of rotatable bonds is 3. The van der Waals surface area contributed by atoms with Gasteiger partial charge in [-0.05, 0) is 41.5 Å². The largest absolute Gasteiger partial charge is 0.506 e. The molecule has 1 aromatic heterocycles. The number of carbonyl (C=O) groups is 1. The van der Waals surface area contributed by atoms with Gasteiger partial charge in [-0.25, -0.2) is 0 Å². The van der Waals surface area contributed by atoms with Gasteiger partial charge in [-0.15, -0.1) is 11.3 Å². The lowest BCUT2D eigenvalue weighted by molar-refractivity contribution is 0.103. The fourth-order valence-electron chi connectivity index (χ4n) is 1.87. The van der Waals surface area contributed by atoms with Crippen LogP contribution in [0.4, 0.5) is 5.69 Å². The molecular formula is C15H17NO2S. The molecule has 0 spiro atoms. The summed E-state index contributed by atoms with van der Waals surface area (Å²) < 4.78 is 0. The van der Waals surface area contributed by atoms with Crippen molar-refractivity contribution >= 4 is 22.9 Å². The lowest BCUT2D eigenvalue weighted by Crippen LogP contribution is -2.11. The van der Waals surface area contributed by atoms with E-state index in [2.05, 4.69) is 19.2 Å². The van der Waals surface area contributed by atoms with E-state index in [1.165, 1.54) is 11.3 Å². The number of hydrogen-bond donors (Lipinski definition) is 2. The van der Waals surface area contributed by atoms with Gasteiger partial charge in [0.25, 0.3) is 5.91 Å². The number of benzene rings is 1. The zero-order chi connectivity index (χ0) is 14.0. The van der Waals surface area contributed by atoms with E-state index in [1.807, 2.05) is 24.4 Å². The van der Waals surface area contributed by atoms with Gasteiger partial charge >= 0.3 is 0 Å². The highest BCUT2D eigenvalue weighted by atomic mass is 32.1. The standard InChI is InChI=1S/C15H17NO2S/c1-9(2)11-7-10(3)14(12(17)8-11)16-15(18)13-5-4-6-19-13/h4-9,17H,1-3H3,(H,16,18). The first kappa shape index (κ1) is 13.6. The fourth-order valence-corrected chi connectivity index (χ4v) is 2.49. The van der Waals surface area contributed by atoms with Crippen LogP contribution >= 0.6 is 11.3 Å². The first-order valence-electron chi connectivity index (χ1n) is 6.17. The summed E-state index contributed by atoms with van der Waals surface area (Å²) in [6.07, 6.45) is 0. The van der Waals surface area contributed by atoms with Crippen LogP contribution in [0.5, 0.6) is 5.75 Å². The number of amides is 1. The minimum atomic E-state index is -0.189. The Bertz CT molecular complexity index is 565. The van der Waals surface area contributed by atoms with Crippen molar-refractivity contribution in [1.82, 2.24) is 0 Å². The van der Waals surface area contributed by atoms with Crippen molar-refractivity contribution in [3.05, 3.63) is 45.6 Å². The van der Waals surface area contributed by atoms with Gasteiger partial charge in [0.1, 0.15) is 5.75 Å². The fraction of sp³-hybridized carbons (Fsp3) is 0.267. The highest BCUT2D eigenvalue weighted by Gasteiger charge is 2.13. The average molecular weight is 275 g/mol. The van der Waals surface area contributed by atoms with Crippen LogP contribution in [0, 0.1) is 6.92 Å². The molecule has 3 nitrogen and oxygen atoms in total. The third-order valence-electron chi connectivity index (χ3n) is 2.99. The predicted octanol–water partition coefficient (Wildman–Crippen LogP) is 4.14. The predicted molar refractivity (Wildman–Crippen MR) is 79.2 cm³/mol. The Balaban J connectivity index is 2.28. The summed E-state index contributed by atoms with van der Waals surface area (Å²) in [6, 6.07) is 7.29. The van der Waals surface area contributed by atoms with Crippen LogP contribution < -0.4 is 5.32 Å². The summed E-state index contributed by atoms with van der Waals surface area (Å²) in [5.41, 5.74) is 2.42. The molecule has 0 aliphatic carbocycles. The molecule has 2 rings (SSSR count). The van der Waals surface area contributed by atoms with Crippen molar-refractivity contribution < 1.29 is 9.90 Å². The molecular weight excluding hydrogens is 258 g/mol. The maximum absolute atomic E-state index is 12.0. The number of hydrogen-bond acceptors (Lipinski definition) is 3. The molecule has 0 saturated heterocycles. The second-order valence-corrected chi connectivity index (χ2v) is 5.77. The van der Waals surface area contributed by atoms with Crippen LogP contribution in [-0.4, -0.2) is 11.0 Å². The van der Waals surface area contributed by atoms with Gasteiger partial charge < -0.3 is 10.4 Å². The molecule has 0 aliphatic heterocycles. The molecule has 0 radical (unpaired) electrons. The minimum Gasteiger partial charge on any atom is -0.506 e. The third kappa shape index (κ3) is 2.96. The quantitative estimate of drug-likeness (QED) is 0.827. The van der Waals surface area contributed by atoms with E-state index in [9.17, 15) is 9.90 Å². The Kier molecular flexibility index (Phi) is 3.90. The molecule has 0 atom stereocenters. The van der Waals surface area contributed by atoms with Crippen LogP contribution in [-0.2, 0) is 0 Å². The van der Waals surface area contributed by atoms with Crippen molar-refractivity contribution in [2.75, 3.05) is 5.32 Å². The van der Waals surface area contributed by atoms with E-state index >= 15 is 0 Å². The first-order chi connectivity index (χ1) is 8.99. The smallest absolute Gasteiger partial charge is 0.265 e. The molecule has 1 amide bonds. The molecule has 1 aromatic carbocycles. The van der Waals surface area contributed by atoms with Gasteiger partial charge in [0, 0.05) is 0 Å². The summed E-state index contributed by atoms with van der Waals surface area (Å²) in [6.45, 7) is 6.02. The normalized spacial score (nSPS) is 10.7. The van der Waals surface area contributed by atoms with Gasteiger partial charge in [-0.3, -0.25) is 4.79 Å². The van der Waals surface area contributed by atoms with Gasteiger partial charge in [-0.1, -0.05) is 26.0 Å². The molecule has 19 heavy (non-hydrogen) atoms. The molecule has 0 unspecified atom stereocenters. The summed E-state index contributed by atoms with van der Waals surface area (Å²) in [4.78, 5) is 12.6. The van der Waals surface area contributed by atoms with E-state index in [-0.39, 0.29) is 11.7 Å². The number of phenols is 1. The molecule has 100 valence electrons. The van der Waals surface area contributed by atoms with E-state index in [4.69, 9.17) is 0 Å². The number of nitrogens with one attached hydrogen (secondary N) is 1. The van der Waals surface area contributed by atoms with Gasteiger partial charge in [0.15, 0.2) is 0 Å². The number of anilines is 1. The van der Waals surface area contributed by atoms with Gasteiger partial charge in [-0.2, -0.15) is 0 Å².